The van der Waals surface area contributed by atoms with Crippen molar-refractivity contribution >= 4 is 17.7 Å². The topological polar surface area (TPSA) is 102 Å². The van der Waals surface area contributed by atoms with Gasteiger partial charge in [-0.2, -0.15) is 0 Å². The molecule has 0 radical (unpaired) electrons. The van der Waals surface area contributed by atoms with Crippen molar-refractivity contribution in [3.8, 4) is 11.5 Å². The van der Waals surface area contributed by atoms with E-state index in [0.29, 0.717) is 23.3 Å². The Labute approximate surface area is 186 Å². The number of esters is 1. The Morgan fingerprint density at radius 1 is 1.09 bits per heavy atom. The number of carbonyl (C=O) groups excluding carboxylic acids is 3. The van der Waals surface area contributed by atoms with Crippen LogP contribution in [0.15, 0.2) is 59.8 Å². The lowest BCUT2D eigenvalue weighted by molar-refractivity contribution is -0.152. The third-order valence-electron chi connectivity index (χ3n) is 6.10. The van der Waals surface area contributed by atoms with Crippen molar-refractivity contribution in [2.45, 2.75) is 31.6 Å². The van der Waals surface area contributed by atoms with Gasteiger partial charge in [-0.1, -0.05) is 36.4 Å². The summed E-state index contributed by atoms with van der Waals surface area (Å²) in [6.07, 6.45) is 0.399. The van der Waals surface area contributed by atoms with Crippen molar-refractivity contribution in [3.05, 3.63) is 70.9 Å². The van der Waals surface area contributed by atoms with Crippen LogP contribution in [0.4, 0.5) is 0 Å². The van der Waals surface area contributed by atoms with E-state index < -0.39 is 23.7 Å². The molecule has 1 aliphatic heterocycles. The van der Waals surface area contributed by atoms with Gasteiger partial charge in [-0.25, -0.2) is 0 Å². The Balaban J connectivity index is 1.82. The summed E-state index contributed by atoms with van der Waals surface area (Å²) in [6, 6.07) is 14.1. The van der Waals surface area contributed by atoms with E-state index in [0.717, 1.165) is 5.56 Å². The second-order valence-corrected chi connectivity index (χ2v) is 7.94. The number of hydrogen-bond donors (Lipinski definition) is 2. The molecule has 0 aromatic heterocycles. The second-order valence-electron chi connectivity index (χ2n) is 7.94. The van der Waals surface area contributed by atoms with Gasteiger partial charge in [0.15, 0.2) is 17.3 Å². The zero-order chi connectivity index (χ0) is 22.8. The van der Waals surface area contributed by atoms with Crippen LogP contribution in [0.2, 0.25) is 0 Å². The van der Waals surface area contributed by atoms with E-state index in [1.54, 1.807) is 19.1 Å². The molecule has 166 valence electrons. The van der Waals surface area contributed by atoms with E-state index >= 15 is 0 Å². The van der Waals surface area contributed by atoms with Gasteiger partial charge in [-0.05, 0) is 36.6 Å². The highest BCUT2D eigenvalue weighted by Crippen LogP contribution is 2.46. The summed E-state index contributed by atoms with van der Waals surface area (Å²) in [5.41, 5.74) is 2.46. The van der Waals surface area contributed by atoms with E-state index in [9.17, 15) is 19.5 Å². The van der Waals surface area contributed by atoms with Crippen LogP contribution in [-0.2, 0) is 19.1 Å². The molecule has 0 spiro atoms. The fraction of sp³-hybridized carbons (Fsp3) is 0.320. The summed E-state index contributed by atoms with van der Waals surface area (Å²) in [4.78, 5) is 39.3. The van der Waals surface area contributed by atoms with Crippen LogP contribution in [0, 0.1) is 5.92 Å². The standard InChI is InChI=1S/C25H25NO6/c1-3-32-25(30)23-16(14-7-5-4-6-8-14)12-18-22(24(23)29)17(13-21(28)26-18)15-9-10-19(27)20(11-15)31-2/h4-11,16-17,23,27H,3,12-13H2,1-2H3,(H,26,28)/t16-,17+,23-/m1/s1. The number of rotatable bonds is 5. The van der Waals surface area contributed by atoms with Crippen molar-refractivity contribution in [2.24, 2.45) is 5.92 Å². The predicted octanol–water partition coefficient (Wildman–Crippen LogP) is 3.19. The molecule has 2 aromatic carbocycles. The summed E-state index contributed by atoms with van der Waals surface area (Å²) in [7, 11) is 1.43. The lowest BCUT2D eigenvalue weighted by Gasteiger charge is -2.38. The molecule has 0 saturated heterocycles. The highest BCUT2D eigenvalue weighted by Gasteiger charge is 2.47. The van der Waals surface area contributed by atoms with Crippen LogP contribution in [0.3, 0.4) is 0 Å². The zero-order valence-corrected chi connectivity index (χ0v) is 18.0. The van der Waals surface area contributed by atoms with Crippen LogP contribution in [0.1, 0.15) is 42.7 Å². The number of nitrogens with one attached hydrogen (secondary N) is 1. The maximum absolute atomic E-state index is 13.8. The minimum Gasteiger partial charge on any atom is -0.504 e. The first kappa shape index (κ1) is 21.6. The summed E-state index contributed by atoms with van der Waals surface area (Å²) in [5, 5.41) is 12.8. The molecule has 7 heteroatoms. The van der Waals surface area contributed by atoms with Gasteiger partial charge in [0.05, 0.1) is 13.7 Å². The number of methoxy groups -OCH3 is 1. The van der Waals surface area contributed by atoms with E-state index in [2.05, 4.69) is 5.32 Å². The molecule has 0 bridgehead atoms. The zero-order valence-electron chi connectivity index (χ0n) is 18.0. The number of phenolic OH excluding ortho intramolecular Hbond substituents is 1. The van der Waals surface area contributed by atoms with Crippen LogP contribution in [0.25, 0.3) is 0 Å². The lowest BCUT2D eigenvalue weighted by atomic mass is 9.68. The molecule has 7 nitrogen and oxygen atoms in total. The Morgan fingerprint density at radius 3 is 2.53 bits per heavy atom. The molecule has 0 unspecified atom stereocenters. The average Bonchev–Trinajstić information content (AvgIpc) is 2.79. The molecule has 1 aliphatic carbocycles. The van der Waals surface area contributed by atoms with Crippen LogP contribution < -0.4 is 10.1 Å². The molecule has 32 heavy (non-hydrogen) atoms. The number of carbonyl (C=O) groups is 3. The summed E-state index contributed by atoms with van der Waals surface area (Å²) >= 11 is 0. The van der Waals surface area contributed by atoms with E-state index in [1.807, 2.05) is 30.3 Å². The average molecular weight is 435 g/mol. The molecule has 4 rings (SSSR count). The summed E-state index contributed by atoms with van der Waals surface area (Å²) in [5.74, 6) is -2.85. The highest BCUT2D eigenvalue weighted by molar-refractivity contribution is 6.12. The molecule has 2 aliphatic rings. The fourth-order valence-electron chi connectivity index (χ4n) is 4.66. The van der Waals surface area contributed by atoms with E-state index in [1.165, 1.54) is 13.2 Å². The van der Waals surface area contributed by atoms with Crippen molar-refractivity contribution in [2.75, 3.05) is 13.7 Å². The number of phenols is 1. The van der Waals surface area contributed by atoms with Crippen molar-refractivity contribution in [1.82, 2.24) is 5.32 Å². The minimum absolute atomic E-state index is 0.0331. The summed E-state index contributed by atoms with van der Waals surface area (Å²) in [6.45, 7) is 1.88. The SMILES string of the molecule is CCOC(=O)[C@H]1C(=O)C2=C(C[C@@H]1c1ccccc1)NC(=O)C[C@H]2c1ccc(O)c(OC)c1. The van der Waals surface area contributed by atoms with Crippen LogP contribution in [-0.4, -0.2) is 36.5 Å². The number of ketones is 1. The molecule has 2 N–H and O–H groups in total. The van der Waals surface area contributed by atoms with Crippen LogP contribution in [0.5, 0.6) is 11.5 Å². The summed E-state index contributed by atoms with van der Waals surface area (Å²) < 4.78 is 10.5. The van der Waals surface area contributed by atoms with Crippen molar-refractivity contribution < 1.29 is 29.0 Å². The Kier molecular flexibility index (Phi) is 5.99. The number of allylic oxidation sites excluding steroid dienone is 2. The first-order valence-electron chi connectivity index (χ1n) is 10.6. The number of hydrogen-bond acceptors (Lipinski definition) is 6. The van der Waals surface area contributed by atoms with Gasteiger partial charge in [0.2, 0.25) is 5.91 Å². The maximum atomic E-state index is 13.8. The van der Waals surface area contributed by atoms with E-state index in [-0.39, 0.29) is 36.2 Å². The fourth-order valence-corrected chi connectivity index (χ4v) is 4.66. The minimum atomic E-state index is -0.993. The van der Waals surface area contributed by atoms with Gasteiger partial charge >= 0.3 is 5.97 Å². The van der Waals surface area contributed by atoms with Crippen molar-refractivity contribution in [1.29, 1.82) is 0 Å². The Bertz CT molecular complexity index is 1090. The van der Waals surface area contributed by atoms with Gasteiger partial charge < -0.3 is 19.9 Å². The second kappa shape index (κ2) is 8.86. The first-order chi connectivity index (χ1) is 15.4. The Hall–Kier alpha value is -3.61. The molecule has 0 saturated carbocycles. The molecule has 3 atom stereocenters. The number of amides is 1. The predicted molar refractivity (Wildman–Crippen MR) is 116 cm³/mol. The number of aromatic hydroxyl groups is 1. The molecule has 1 heterocycles. The van der Waals surface area contributed by atoms with Gasteiger partial charge in [0, 0.05) is 29.5 Å². The quantitative estimate of drug-likeness (QED) is 0.552. The molecule has 1 amide bonds. The highest BCUT2D eigenvalue weighted by atomic mass is 16.5. The van der Waals surface area contributed by atoms with E-state index in [4.69, 9.17) is 9.47 Å². The van der Waals surface area contributed by atoms with Gasteiger partial charge in [0.1, 0.15) is 5.92 Å². The molecule has 2 aromatic rings. The van der Waals surface area contributed by atoms with Gasteiger partial charge in [-0.3, -0.25) is 14.4 Å². The number of Topliss-reactive ketones (excluding diaryl/α,β-unsaturated/α-hetero) is 1. The van der Waals surface area contributed by atoms with Crippen LogP contribution >= 0.6 is 0 Å². The molecule has 0 fully saturated rings. The number of ether oxygens (including phenoxy) is 2. The third-order valence-corrected chi connectivity index (χ3v) is 6.10. The van der Waals surface area contributed by atoms with Crippen molar-refractivity contribution in [3.63, 3.8) is 0 Å². The smallest absolute Gasteiger partial charge is 0.317 e. The number of benzene rings is 2. The lowest BCUT2D eigenvalue weighted by Crippen LogP contribution is -2.44. The van der Waals surface area contributed by atoms with Gasteiger partial charge in [-0.15, -0.1) is 0 Å². The normalized spacial score (nSPS) is 22.8. The maximum Gasteiger partial charge on any atom is 0.317 e. The van der Waals surface area contributed by atoms with Gasteiger partial charge in [0.25, 0.3) is 0 Å². The monoisotopic (exact) mass is 435 g/mol. The molecular formula is C25H25NO6. The first-order valence-corrected chi connectivity index (χ1v) is 10.6. The Morgan fingerprint density at radius 2 is 1.84 bits per heavy atom. The largest absolute Gasteiger partial charge is 0.504 e. The molecular weight excluding hydrogens is 410 g/mol. The third kappa shape index (κ3) is 3.86.